The van der Waals surface area contributed by atoms with E-state index < -0.39 is 22.3 Å². The normalized spacial score (nSPS) is 20.6. The molecule has 2 atom stereocenters. The van der Waals surface area contributed by atoms with E-state index in [0.717, 1.165) is 13.1 Å². The first-order valence-electron chi connectivity index (χ1n) is 9.87. The van der Waals surface area contributed by atoms with E-state index in [1.165, 1.54) is 18.2 Å². The van der Waals surface area contributed by atoms with Crippen LogP contribution in [0.3, 0.4) is 0 Å². The Kier molecular flexibility index (Phi) is 8.83. The van der Waals surface area contributed by atoms with E-state index in [-0.39, 0.29) is 10.6 Å². The van der Waals surface area contributed by atoms with Crippen LogP contribution in [0.25, 0.3) is 0 Å². The van der Waals surface area contributed by atoms with E-state index in [9.17, 15) is 28.3 Å². The summed E-state index contributed by atoms with van der Waals surface area (Å²) in [5.41, 5.74) is 0.420. The Morgan fingerprint density at radius 2 is 1.34 bits per heavy atom. The summed E-state index contributed by atoms with van der Waals surface area (Å²) in [5.74, 6) is -0.0288. The largest absolute Gasteiger partial charge is 0.508 e. The Balaban J connectivity index is 2.17. The Bertz CT molecular complexity index is 734. The molecule has 4 N–H and O–H groups in total. The van der Waals surface area contributed by atoms with Crippen LogP contribution in [0.15, 0.2) is 23.1 Å². The maximum Gasteiger partial charge on any atom is 0.294 e. The number of aromatic hydroxyl groups is 1. The van der Waals surface area contributed by atoms with Crippen molar-refractivity contribution in [1.29, 1.82) is 0 Å². The molecule has 1 heterocycles. The Hall–Kier alpha value is -1.27. The minimum absolute atomic E-state index is 0.0288. The lowest BCUT2D eigenvalue weighted by atomic mass is 10.2. The fourth-order valence-corrected chi connectivity index (χ4v) is 4.08. The van der Waals surface area contributed by atoms with Gasteiger partial charge in [0, 0.05) is 64.5 Å². The van der Waals surface area contributed by atoms with Crippen LogP contribution >= 0.6 is 0 Å². The van der Waals surface area contributed by atoms with E-state index >= 15 is 0 Å². The number of β-amino-alcohol motifs (C(OH)–C–C–N with tert-alkyl or cyclic N) is 2. The molecule has 1 fully saturated rings. The van der Waals surface area contributed by atoms with Gasteiger partial charge in [-0.05, 0) is 32.0 Å². The van der Waals surface area contributed by atoms with Gasteiger partial charge in [0.2, 0.25) is 0 Å². The zero-order valence-corrected chi connectivity index (χ0v) is 17.9. The maximum atomic E-state index is 11.4. The van der Waals surface area contributed by atoms with Gasteiger partial charge in [-0.3, -0.25) is 19.3 Å². The minimum Gasteiger partial charge on any atom is -0.508 e. The van der Waals surface area contributed by atoms with Gasteiger partial charge in [0.15, 0.2) is 0 Å². The fraction of sp³-hybridized carbons (Fsp3) is 0.684. The van der Waals surface area contributed by atoms with E-state index in [4.69, 9.17) is 0 Å². The third kappa shape index (κ3) is 8.17. The highest BCUT2D eigenvalue weighted by molar-refractivity contribution is 7.85. The molecule has 1 aromatic rings. The molecule has 1 aromatic carbocycles. The summed E-state index contributed by atoms with van der Waals surface area (Å²) in [4.78, 5) is 6.16. The number of benzene rings is 1. The van der Waals surface area contributed by atoms with Crippen molar-refractivity contribution in [3.05, 3.63) is 23.8 Å². The zero-order chi connectivity index (χ0) is 21.6. The summed E-state index contributed by atoms with van der Waals surface area (Å²) in [6.07, 6.45) is -0.908. The summed E-state index contributed by atoms with van der Waals surface area (Å²) in [6, 6.07) is 3.73. The van der Waals surface area contributed by atoms with Crippen molar-refractivity contribution in [3.63, 3.8) is 0 Å². The van der Waals surface area contributed by atoms with Crippen molar-refractivity contribution in [2.24, 2.45) is 0 Å². The highest BCUT2D eigenvalue weighted by Crippen LogP contribution is 2.23. The topological polar surface area (TPSA) is 125 Å². The van der Waals surface area contributed by atoms with Crippen molar-refractivity contribution in [3.8, 4) is 5.75 Å². The molecule has 0 unspecified atom stereocenters. The van der Waals surface area contributed by atoms with Gasteiger partial charge >= 0.3 is 0 Å². The monoisotopic (exact) mass is 431 g/mol. The molecular formula is C19H33N3O6S. The number of nitrogens with zero attached hydrogens (tertiary/aromatic N) is 3. The van der Waals surface area contributed by atoms with E-state index in [1.807, 2.05) is 0 Å². The first-order valence-corrected chi connectivity index (χ1v) is 11.3. The highest BCUT2D eigenvalue weighted by Gasteiger charge is 2.20. The number of aliphatic hydroxyl groups excluding tert-OH is 2. The molecule has 0 bridgehead atoms. The van der Waals surface area contributed by atoms with Gasteiger partial charge in [-0.1, -0.05) is 0 Å². The van der Waals surface area contributed by atoms with Crippen LogP contribution in [0.4, 0.5) is 0 Å². The quantitative estimate of drug-likeness (QED) is 0.435. The minimum atomic E-state index is -4.35. The Labute approximate surface area is 172 Å². The third-order valence-electron chi connectivity index (χ3n) is 4.98. The van der Waals surface area contributed by atoms with Gasteiger partial charge < -0.3 is 15.3 Å². The maximum absolute atomic E-state index is 11.4. The van der Waals surface area contributed by atoms with Gasteiger partial charge in [-0.2, -0.15) is 8.42 Å². The lowest BCUT2D eigenvalue weighted by Crippen LogP contribution is -2.41. The molecule has 9 nitrogen and oxygen atoms in total. The molecule has 1 aliphatic rings. The predicted molar refractivity (Wildman–Crippen MR) is 109 cm³/mol. The molecule has 1 aliphatic heterocycles. The van der Waals surface area contributed by atoms with Gasteiger partial charge in [0.05, 0.1) is 17.1 Å². The van der Waals surface area contributed by atoms with E-state index in [0.29, 0.717) is 51.4 Å². The second-order valence-electron chi connectivity index (χ2n) is 7.84. The number of aliphatic hydroxyl groups is 2. The summed E-state index contributed by atoms with van der Waals surface area (Å²) in [6.45, 7) is 9.21. The Morgan fingerprint density at radius 1 is 0.897 bits per heavy atom. The molecule has 0 aromatic heterocycles. The van der Waals surface area contributed by atoms with Crippen molar-refractivity contribution >= 4 is 10.1 Å². The van der Waals surface area contributed by atoms with Crippen molar-refractivity contribution in [2.75, 3.05) is 52.4 Å². The third-order valence-corrected chi connectivity index (χ3v) is 5.83. The number of phenols is 1. The lowest BCUT2D eigenvalue weighted by Gasteiger charge is -2.27. The molecule has 0 aliphatic carbocycles. The summed E-state index contributed by atoms with van der Waals surface area (Å²) < 4.78 is 32.1. The molecule has 29 heavy (non-hydrogen) atoms. The molecular weight excluding hydrogens is 398 g/mol. The first-order chi connectivity index (χ1) is 13.5. The predicted octanol–water partition coefficient (Wildman–Crippen LogP) is -0.180. The average molecular weight is 432 g/mol. The molecule has 1 saturated heterocycles. The van der Waals surface area contributed by atoms with Crippen LogP contribution in [0, 0.1) is 0 Å². The summed E-state index contributed by atoms with van der Waals surface area (Å²) >= 11 is 0. The van der Waals surface area contributed by atoms with Crippen LogP contribution in [0.1, 0.15) is 19.4 Å². The molecule has 10 heteroatoms. The highest BCUT2D eigenvalue weighted by atomic mass is 32.2. The van der Waals surface area contributed by atoms with Crippen LogP contribution in [-0.4, -0.2) is 108 Å². The van der Waals surface area contributed by atoms with Crippen LogP contribution in [0.5, 0.6) is 5.75 Å². The lowest BCUT2D eigenvalue weighted by molar-refractivity contribution is 0.102. The van der Waals surface area contributed by atoms with Crippen molar-refractivity contribution < 1.29 is 28.3 Å². The average Bonchev–Trinajstić information content (AvgIpc) is 2.68. The first kappa shape index (κ1) is 24.0. The molecule has 0 saturated carbocycles. The second-order valence-corrected chi connectivity index (χ2v) is 9.26. The summed E-state index contributed by atoms with van der Waals surface area (Å²) in [5, 5.41) is 29.7. The molecule has 0 radical (unpaired) electrons. The van der Waals surface area contributed by atoms with Gasteiger partial charge in [-0.15, -0.1) is 0 Å². The molecule has 0 spiro atoms. The van der Waals surface area contributed by atoms with Crippen molar-refractivity contribution in [2.45, 2.75) is 37.5 Å². The Morgan fingerprint density at radius 3 is 1.76 bits per heavy atom. The zero-order valence-electron chi connectivity index (χ0n) is 17.1. The van der Waals surface area contributed by atoms with E-state index in [2.05, 4.69) is 14.7 Å². The fourth-order valence-electron chi connectivity index (χ4n) is 3.54. The molecule has 2 rings (SSSR count). The van der Waals surface area contributed by atoms with Gasteiger partial charge in [0.1, 0.15) is 5.75 Å². The molecule has 0 amide bonds. The van der Waals surface area contributed by atoms with Gasteiger partial charge in [-0.25, -0.2) is 0 Å². The standard InChI is InChI=1S/C19H33N3O6S/c1-15(23)12-20-5-6-21(13-16(2)24)8-10-22(9-7-20)14-17-11-18(29(26,27)28)3-4-19(17)25/h3-4,11,15-16,23-25H,5-10,12-14H2,1-2H3,(H,26,27,28)/t15-,16-/m0/s1. The molecule has 166 valence electrons. The van der Waals surface area contributed by atoms with E-state index in [1.54, 1.807) is 13.8 Å². The summed E-state index contributed by atoms with van der Waals surface area (Å²) in [7, 11) is -4.35. The van der Waals surface area contributed by atoms with Crippen LogP contribution in [0.2, 0.25) is 0 Å². The number of rotatable bonds is 7. The van der Waals surface area contributed by atoms with Gasteiger partial charge in [0.25, 0.3) is 10.1 Å². The van der Waals surface area contributed by atoms with Crippen molar-refractivity contribution in [1.82, 2.24) is 14.7 Å². The van der Waals surface area contributed by atoms with Crippen LogP contribution in [-0.2, 0) is 16.7 Å². The van der Waals surface area contributed by atoms with Crippen LogP contribution < -0.4 is 0 Å². The smallest absolute Gasteiger partial charge is 0.294 e. The SMILES string of the molecule is C[C@H](O)CN1CCN(Cc2cc(S(=O)(=O)O)ccc2O)CCN(C[C@H](C)O)CC1. The number of hydrogen-bond acceptors (Lipinski definition) is 8. The number of phenolic OH excluding ortho intramolecular Hbond substituents is 1. The second kappa shape index (κ2) is 10.7. The number of hydrogen-bond donors (Lipinski definition) is 4.